The van der Waals surface area contributed by atoms with E-state index in [-0.39, 0.29) is 27.7 Å². The Morgan fingerprint density at radius 2 is 2.30 bits per heavy atom. The highest BCUT2D eigenvalue weighted by Gasteiger charge is 2.64. The van der Waals surface area contributed by atoms with Gasteiger partial charge in [0, 0.05) is 5.41 Å². The highest BCUT2D eigenvalue weighted by molar-refractivity contribution is 5.93. The molecule has 0 aliphatic heterocycles. The number of ether oxygens (including phenoxy) is 1. The van der Waals surface area contributed by atoms with E-state index in [0.29, 0.717) is 5.92 Å². The lowest BCUT2D eigenvalue weighted by Crippen LogP contribution is -2.65. The molecule has 3 fully saturated rings. The lowest BCUT2D eigenvalue weighted by molar-refractivity contribution is -0.225. The van der Waals surface area contributed by atoms with E-state index in [0.717, 1.165) is 23.6 Å². The van der Waals surface area contributed by atoms with Crippen molar-refractivity contribution in [3.05, 3.63) is 22.5 Å². The Morgan fingerprint density at radius 3 is 2.90 bits per heavy atom. The van der Waals surface area contributed by atoms with Crippen molar-refractivity contribution in [1.29, 1.82) is 0 Å². The maximum atomic E-state index is 12.1. The average Bonchev–Trinajstić information content (AvgIpc) is 2.82. The van der Waals surface area contributed by atoms with Gasteiger partial charge < -0.3 is 9.94 Å². The number of aromatic nitrogens is 5. The number of carbonyl (C=O) groups excluding carboxylic acids is 1. The molecule has 0 saturated heterocycles. The van der Waals surface area contributed by atoms with Crippen molar-refractivity contribution in [2.75, 3.05) is 0 Å². The van der Waals surface area contributed by atoms with Gasteiger partial charge in [0.25, 0.3) is 0 Å². The number of hydrogen-bond acceptors (Lipinski definition) is 7. The Balaban J connectivity index is 1.67. The van der Waals surface area contributed by atoms with Crippen molar-refractivity contribution in [1.82, 2.24) is 24.5 Å². The van der Waals surface area contributed by atoms with Gasteiger partial charge in [0.2, 0.25) is 0 Å². The summed E-state index contributed by atoms with van der Waals surface area (Å²) in [5.74, 6) is -0.170. The zero-order valence-corrected chi connectivity index (χ0v) is 10.6. The van der Waals surface area contributed by atoms with E-state index < -0.39 is 11.7 Å². The molecule has 3 saturated carbocycles. The Bertz CT molecular complexity index is 788. The molecule has 9 heteroatoms. The van der Waals surface area contributed by atoms with Gasteiger partial charge in [-0.2, -0.15) is 0 Å². The molecule has 0 amide bonds. The Hall–Kier alpha value is -2.45. The van der Waals surface area contributed by atoms with E-state index in [9.17, 15) is 9.59 Å². The molecule has 9 nitrogen and oxygen atoms in total. The van der Waals surface area contributed by atoms with Crippen LogP contribution in [0, 0.1) is 11.3 Å². The van der Waals surface area contributed by atoms with Gasteiger partial charge in [-0.25, -0.2) is 19.0 Å². The third-order valence-corrected chi connectivity index (χ3v) is 4.34. The molecule has 0 radical (unpaired) electrons. The van der Waals surface area contributed by atoms with Gasteiger partial charge in [-0.05, 0) is 28.8 Å². The summed E-state index contributed by atoms with van der Waals surface area (Å²) in [4.78, 5) is 27.5. The molecule has 3 aliphatic rings. The first-order valence-corrected chi connectivity index (χ1v) is 6.23. The van der Waals surface area contributed by atoms with E-state index in [1.807, 2.05) is 0 Å². The van der Waals surface area contributed by atoms with Crippen molar-refractivity contribution >= 4 is 11.6 Å². The normalized spacial score (nSPS) is 30.6. The molecule has 1 unspecified atom stereocenters. The largest absolute Gasteiger partial charge is 0.457 e. The SMILES string of the molecule is CC12CC(C1)C2OC(=O)c1ncn2c(=O)n(O)nnc12. The molecular formula is C11H11N5O4. The van der Waals surface area contributed by atoms with E-state index in [1.54, 1.807) is 0 Å². The predicted molar refractivity (Wildman–Crippen MR) is 62.3 cm³/mol. The predicted octanol–water partition coefficient (Wildman–Crippen LogP) is -0.521. The van der Waals surface area contributed by atoms with Crippen molar-refractivity contribution in [2.24, 2.45) is 11.3 Å². The summed E-state index contributed by atoms with van der Waals surface area (Å²) in [5, 5.41) is 15.9. The third-order valence-electron chi connectivity index (χ3n) is 4.34. The van der Waals surface area contributed by atoms with Crippen LogP contribution in [-0.2, 0) is 4.74 Å². The lowest BCUT2D eigenvalue weighted by Gasteiger charge is -2.65. The van der Waals surface area contributed by atoms with Crippen LogP contribution in [0.15, 0.2) is 11.1 Å². The van der Waals surface area contributed by atoms with E-state index in [1.165, 1.54) is 0 Å². The second-order valence-electron chi connectivity index (χ2n) is 5.70. The summed E-state index contributed by atoms with van der Waals surface area (Å²) in [7, 11) is 0. The molecule has 2 bridgehead atoms. The summed E-state index contributed by atoms with van der Waals surface area (Å²) < 4.78 is 6.36. The van der Waals surface area contributed by atoms with Crippen LogP contribution < -0.4 is 5.69 Å². The van der Waals surface area contributed by atoms with Crippen LogP contribution in [0.25, 0.3) is 5.65 Å². The molecule has 104 valence electrons. The van der Waals surface area contributed by atoms with E-state index in [4.69, 9.17) is 9.94 Å². The minimum Gasteiger partial charge on any atom is -0.457 e. The first-order chi connectivity index (χ1) is 9.49. The van der Waals surface area contributed by atoms with Gasteiger partial charge in [0.15, 0.2) is 11.3 Å². The molecular weight excluding hydrogens is 266 g/mol. The molecule has 2 aromatic heterocycles. The number of rotatable bonds is 2. The van der Waals surface area contributed by atoms with Crippen LogP contribution in [0.1, 0.15) is 30.3 Å². The maximum Gasteiger partial charge on any atom is 0.387 e. The monoisotopic (exact) mass is 277 g/mol. The highest BCUT2D eigenvalue weighted by atomic mass is 16.5. The van der Waals surface area contributed by atoms with Crippen LogP contribution in [0.3, 0.4) is 0 Å². The topological polar surface area (TPSA) is 112 Å². The van der Waals surface area contributed by atoms with Crippen molar-refractivity contribution in [3.8, 4) is 0 Å². The molecule has 0 aromatic carbocycles. The van der Waals surface area contributed by atoms with Crippen LogP contribution in [0.4, 0.5) is 0 Å². The van der Waals surface area contributed by atoms with Crippen molar-refractivity contribution < 1.29 is 14.7 Å². The Labute approximate surface area is 111 Å². The second kappa shape index (κ2) is 3.35. The van der Waals surface area contributed by atoms with Gasteiger partial charge in [-0.3, -0.25) is 0 Å². The molecule has 5 rings (SSSR count). The number of carbonyl (C=O) groups is 1. The Kier molecular flexibility index (Phi) is 1.91. The molecule has 20 heavy (non-hydrogen) atoms. The van der Waals surface area contributed by atoms with Crippen molar-refractivity contribution in [2.45, 2.75) is 25.9 Å². The average molecular weight is 277 g/mol. The van der Waals surface area contributed by atoms with Crippen molar-refractivity contribution in [3.63, 3.8) is 0 Å². The summed E-state index contributed by atoms with van der Waals surface area (Å²) in [6.07, 6.45) is 3.21. The third kappa shape index (κ3) is 1.24. The first kappa shape index (κ1) is 11.4. The summed E-state index contributed by atoms with van der Waals surface area (Å²) in [6.45, 7) is 2.08. The molecule has 1 atom stereocenters. The van der Waals surface area contributed by atoms with Gasteiger partial charge in [-0.15, -0.1) is 5.10 Å². The zero-order valence-electron chi connectivity index (χ0n) is 10.6. The quantitative estimate of drug-likeness (QED) is 0.580. The first-order valence-electron chi connectivity index (χ1n) is 6.23. The number of imidazole rings is 1. The fraction of sp³-hybridized carbons (Fsp3) is 0.545. The number of esters is 1. The molecule has 0 spiro atoms. The zero-order chi connectivity index (χ0) is 14.1. The Morgan fingerprint density at radius 1 is 1.55 bits per heavy atom. The van der Waals surface area contributed by atoms with Crippen LogP contribution >= 0.6 is 0 Å². The van der Waals surface area contributed by atoms with Gasteiger partial charge in [0.1, 0.15) is 12.4 Å². The fourth-order valence-corrected chi connectivity index (χ4v) is 3.18. The molecule has 2 heterocycles. The van der Waals surface area contributed by atoms with E-state index in [2.05, 4.69) is 22.2 Å². The standard InChI is InChI=1S/C11H11N5O4/c1-11-2-5(3-11)7(11)20-9(17)6-8-13-14-16(19)10(18)15(8)4-12-6/h4-5,7,19H,2-3H2,1H3. The van der Waals surface area contributed by atoms with Crippen LogP contribution in [0.2, 0.25) is 0 Å². The fourth-order valence-electron chi connectivity index (χ4n) is 3.18. The summed E-state index contributed by atoms with van der Waals surface area (Å²) >= 11 is 0. The number of nitrogens with zero attached hydrogens (tertiary/aromatic N) is 5. The smallest absolute Gasteiger partial charge is 0.387 e. The van der Waals surface area contributed by atoms with Gasteiger partial charge in [-0.1, -0.05) is 6.92 Å². The van der Waals surface area contributed by atoms with E-state index >= 15 is 0 Å². The molecule has 2 aromatic rings. The lowest BCUT2D eigenvalue weighted by atomic mass is 9.43. The molecule has 3 aliphatic carbocycles. The van der Waals surface area contributed by atoms with Crippen LogP contribution in [-0.4, -0.2) is 41.8 Å². The second-order valence-corrected chi connectivity index (χ2v) is 5.70. The summed E-state index contributed by atoms with van der Waals surface area (Å²) in [5.41, 5.74) is -0.840. The number of hydrogen-bond donors (Lipinski definition) is 1. The van der Waals surface area contributed by atoms with Crippen LogP contribution in [0.5, 0.6) is 0 Å². The maximum absolute atomic E-state index is 12.1. The van der Waals surface area contributed by atoms with Gasteiger partial charge in [0.05, 0.1) is 0 Å². The number of fused-ring (bicyclic) bond motifs is 1. The molecule has 1 N–H and O–H groups in total. The van der Waals surface area contributed by atoms with Gasteiger partial charge >= 0.3 is 11.7 Å². The highest BCUT2D eigenvalue weighted by Crippen LogP contribution is 2.65. The minimum atomic E-state index is -0.847. The summed E-state index contributed by atoms with van der Waals surface area (Å²) in [6, 6.07) is 0. The minimum absolute atomic E-state index is 0.0246.